The van der Waals surface area contributed by atoms with Crippen LogP contribution >= 0.6 is 15.9 Å². The molecule has 2 aromatic carbocycles. The van der Waals surface area contributed by atoms with Crippen LogP contribution in [0.4, 0.5) is 20.2 Å². The monoisotopic (exact) mass is 452 g/mol. The van der Waals surface area contributed by atoms with Gasteiger partial charge in [-0.2, -0.15) is 8.78 Å². The molecule has 1 heterocycles. The summed E-state index contributed by atoms with van der Waals surface area (Å²) in [6.45, 7) is -0.201. The molecular weight excluding hydrogens is 434 g/mol. The summed E-state index contributed by atoms with van der Waals surface area (Å²) in [6.07, 6.45) is 2.73. The van der Waals surface area contributed by atoms with Crippen molar-refractivity contribution in [2.75, 3.05) is 36.5 Å². The molecule has 1 N–H and O–H groups in total. The van der Waals surface area contributed by atoms with E-state index in [0.717, 1.165) is 23.2 Å². The number of alkyl halides is 2. The molecule has 0 spiro atoms. The summed E-state index contributed by atoms with van der Waals surface area (Å²) < 4.78 is 35.7. The van der Waals surface area contributed by atoms with E-state index in [1.54, 1.807) is 18.2 Å². The highest BCUT2D eigenvalue weighted by Crippen LogP contribution is 2.30. The summed E-state index contributed by atoms with van der Waals surface area (Å²) in [4.78, 5) is 14.6. The lowest BCUT2D eigenvalue weighted by Gasteiger charge is -2.30. The van der Waals surface area contributed by atoms with Gasteiger partial charge in [0.2, 0.25) is 5.91 Å². The van der Waals surface area contributed by atoms with Crippen LogP contribution in [0.25, 0.3) is 6.08 Å². The third-order valence-corrected chi connectivity index (χ3v) is 4.61. The molecule has 3 rings (SSSR count). The second-order valence-corrected chi connectivity index (χ2v) is 6.92. The number of rotatable bonds is 6. The van der Waals surface area contributed by atoms with E-state index in [1.807, 2.05) is 18.2 Å². The van der Waals surface area contributed by atoms with E-state index in [1.165, 1.54) is 18.2 Å². The van der Waals surface area contributed by atoms with Crippen molar-refractivity contribution in [3.05, 3.63) is 58.6 Å². The first-order valence-electron chi connectivity index (χ1n) is 8.68. The molecule has 2 aromatic rings. The number of carbonyl (C=O) groups is 1. The molecule has 1 fully saturated rings. The number of ether oxygens (including phenoxy) is 2. The maximum absolute atomic E-state index is 12.5. The average molecular weight is 453 g/mol. The lowest BCUT2D eigenvalue weighted by molar-refractivity contribution is -0.111. The molecule has 0 aliphatic carbocycles. The Morgan fingerprint density at radius 1 is 1.21 bits per heavy atom. The van der Waals surface area contributed by atoms with Gasteiger partial charge in [-0.05, 0) is 30.3 Å². The Kier molecular flexibility index (Phi) is 7.00. The Hall–Kier alpha value is -2.45. The maximum Gasteiger partial charge on any atom is 0.387 e. The molecule has 28 heavy (non-hydrogen) atoms. The fourth-order valence-electron chi connectivity index (χ4n) is 2.85. The number of benzene rings is 2. The molecule has 148 valence electrons. The van der Waals surface area contributed by atoms with Gasteiger partial charge in [-0.3, -0.25) is 4.79 Å². The summed E-state index contributed by atoms with van der Waals surface area (Å²) >= 11 is 3.42. The molecule has 1 aliphatic rings. The molecule has 0 unspecified atom stereocenters. The van der Waals surface area contributed by atoms with Crippen LogP contribution in [0, 0.1) is 0 Å². The van der Waals surface area contributed by atoms with Crippen molar-refractivity contribution in [2.24, 2.45) is 0 Å². The van der Waals surface area contributed by atoms with Crippen LogP contribution in [0.15, 0.2) is 53.0 Å². The second kappa shape index (κ2) is 9.66. The van der Waals surface area contributed by atoms with Crippen LogP contribution in [0.3, 0.4) is 0 Å². The Morgan fingerprint density at radius 3 is 2.71 bits per heavy atom. The molecule has 0 bridgehead atoms. The largest absolute Gasteiger partial charge is 0.434 e. The van der Waals surface area contributed by atoms with Gasteiger partial charge >= 0.3 is 6.61 Å². The number of nitrogens with zero attached hydrogens (tertiary/aromatic N) is 1. The normalized spacial score (nSPS) is 14.5. The van der Waals surface area contributed by atoms with Crippen molar-refractivity contribution in [2.45, 2.75) is 6.61 Å². The molecule has 0 aromatic heterocycles. The number of anilines is 2. The van der Waals surface area contributed by atoms with Crippen LogP contribution < -0.4 is 15.0 Å². The smallest absolute Gasteiger partial charge is 0.387 e. The number of morpholine rings is 1. The summed E-state index contributed by atoms with van der Waals surface area (Å²) in [5.41, 5.74) is 1.94. The lowest BCUT2D eigenvalue weighted by atomic mass is 10.2. The topological polar surface area (TPSA) is 50.8 Å². The van der Waals surface area contributed by atoms with E-state index >= 15 is 0 Å². The Morgan fingerprint density at radius 2 is 1.96 bits per heavy atom. The van der Waals surface area contributed by atoms with E-state index < -0.39 is 6.61 Å². The quantitative estimate of drug-likeness (QED) is 0.653. The van der Waals surface area contributed by atoms with Crippen LogP contribution in [0.2, 0.25) is 0 Å². The molecule has 5 nitrogen and oxygen atoms in total. The van der Waals surface area contributed by atoms with Gasteiger partial charge in [-0.15, -0.1) is 0 Å². The first kappa shape index (κ1) is 20.3. The fourth-order valence-corrected chi connectivity index (χ4v) is 3.21. The summed E-state index contributed by atoms with van der Waals surface area (Å²) in [6, 6.07) is 12.0. The van der Waals surface area contributed by atoms with Crippen LogP contribution in [0.1, 0.15) is 5.56 Å². The van der Waals surface area contributed by atoms with Crippen molar-refractivity contribution >= 4 is 39.3 Å². The van der Waals surface area contributed by atoms with Gasteiger partial charge in [0.25, 0.3) is 0 Å². The van der Waals surface area contributed by atoms with Gasteiger partial charge < -0.3 is 19.7 Å². The number of carbonyl (C=O) groups excluding carboxylic acids is 1. The van der Waals surface area contributed by atoms with E-state index in [9.17, 15) is 13.6 Å². The van der Waals surface area contributed by atoms with Crippen molar-refractivity contribution in [1.82, 2.24) is 0 Å². The zero-order valence-electron chi connectivity index (χ0n) is 14.9. The number of para-hydroxylation sites is 1. The standard InChI is InChI=1S/C20H19BrF2N2O3/c21-15-6-7-17(25-9-11-27-12-10-25)16(13-15)24-19(26)8-5-14-3-1-2-4-18(14)28-20(22)23/h1-8,13,20H,9-12H2,(H,24,26)/b8-5+. The van der Waals surface area contributed by atoms with Gasteiger partial charge in [0.05, 0.1) is 24.6 Å². The minimum atomic E-state index is -2.93. The first-order chi connectivity index (χ1) is 13.5. The molecule has 8 heteroatoms. The van der Waals surface area contributed by atoms with Crippen molar-refractivity contribution in [3.63, 3.8) is 0 Å². The third-order valence-electron chi connectivity index (χ3n) is 4.12. The molecular formula is C20H19BrF2N2O3. The van der Waals surface area contributed by atoms with Crippen molar-refractivity contribution in [1.29, 1.82) is 0 Å². The van der Waals surface area contributed by atoms with E-state index in [0.29, 0.717) is 24.5 Å². The lowest BCUT2D eigenvalue weighted by Crippen LogP contribution is -2.36. The van der Waals surface area contributed by atoms with Gasteiger partial charge in [0.15, 0.2) is 0 Å². The fraction of sp³-hybridized carbons (Fsp3) is 0.250. The highest BCUT2D eigenvalue weighted by molar-refractivity contribution is 9.10. The second-order valence-electron chi connectivity index (χ2n) is 6.00. The van der Waals surface area contributed by atoms with E-state index in [2.05, 4.69) is 30.9 Å². The third kappa shape index (κ3) is 5.53. The number of nitrogens with one attached hydrogen (secondary N) is 1. The Bertz CT molecular complexity index is 855. The maximum atomic E-state index is 12.5. The van der Waals surface area contributed by atoms with E-state index in [-0.39, 0.29) is 11.7 Å². The van der Waals surface area contributed by atoms with Crippen LogP contribution in [-0.4, -0.2) is 38.8 Å². The zero-order chi connectivity index (χ0) is 19.9. The Labute approximate surface area is 170 Å². The molecule has 1 saturated heterocycles. The zero-order valence-corrected chi connectivity index (χ0v) is 16.5. The molecule has 1 amide bonds. The SMILES string of the molecule is O=C(/C=C/c1ccccc1OC(F)F)Nc1cc(Br)ccc1N1CCOCC1. The predicted molar refractivity (Wildman–Crippen MR) is 108 cm³/mol. The number of halogens is 3. The average Bonchev–Trinajstić information content (AvgIpc) is 2.68. The van der Waals surface area contributed by atoms with Crippen molar-refractivity contribution < 1.29 is 23.0 Å². The van der Waals surface area contributed by atoms with Crippen molar-refractivity contribution in [3.8, 4) is 5.75 Å². The minimum Gasteiger partial charge on any atom is -0.434 e. The molecule has 0 saturated carbocycles. The van der Waals surface area contributed by atoms with Gasteiger partial charge in [0, 0.05) is 29.2 Å². The summed E-state index contributed by atoms with van der Waals surface area (Å²) in [5.74, 6) is -0.363. The Balaban J connectivity index is 1.75. The minimum absolute atomic E-state index is 0.0120. The first-order valence-corrected chi connectivity index (χ1v) is 9.47. The predicted octanol–water partition coefficient (Wildman–Crippen LogP) is 4.54. The van der Waals surface area contributed by atoms with Gasteiger partial charge in [0.1, 0.15) is 5.75 Å². The summed E-state index contributed by atoms with van der Waals surface area (Å²) in [7, 11) is 0. The van der Waals surface area contributed by atoms with E-state index in [4.69, 9.17) is 4.74 Å². The highest BCUT2D eigenvalue weighted by Gasteiger charge is 2.16. The molecule has 0 atom stereocenters. The summed E-state index contributed by atoms with van der Waals surface area (Å²) in [5, 5.41) is 2.85. The van der Waals surface area contributed by atoms with Crippen LogP contribution in [-0.2, 0) is 9.53 Å². The van der Waals surface area contributed by atoms with Gasteiger partial charge in [-0.1, -0.05) is 34.1 Å². The molecule has 1 aliphatic heterocycles. The number of hydrogen-bond acceptors (Lipinski definition) is 4. The number of amides is 1. The molecule has 0 radical (unpaired) electrons. The van der Waals surface area contributed by atoms with Crippen LogP contribution in [0.5, 0.6) is 5.75 Å². The number of hydrogen-bond donors (Lipinski definition) is 1. The van der Waals surface area contributed by atoms with Gasteiger partial charge in [-0.25, -0.2) is 0 Å². The highest BCUT2D eigenvalue weighted by atomic mass is 79.9.